The molecule has 0 saturated carbocycles. The molecule has 1 aliphatic carbocycles. The maximum absolute atomic E-state index is 5.33. The SMILES string of the molecule is C1=CC=CC(c2cc(-c3ccccc3)cc(-c3nc(-c4ccccc4)nc(-c4ccc5c(c4)c4c6ccc7cccc8ccc(cc4n5-c4ccccc4)c6c87)n3)c2)=CC=1.CC. The lowest BCUT2D eigenvalue weighted by Gasteiger charge is -2.13. The lowest BCUT2D eigenvalue weighted by atomic mass is 9.92. The van der Waals surface area contributed by atoms with Crippen LogP contribution in [0.5, 0.6) is 0 Å². The zero-order chi connectivity index (χ0) is 41.6. The molecule has 0 fully saturated rings. The van der Waals surface area contributed by atoms with E-state index in [0.29, 0.717) is 17.5 Å². The molecule has 0 amide bonds. The minimum absolute atomic E-state index is 0.611. The predicted molar refractivity (Wildman–Crippen MR) is 261 cm³/mol. The van der Waals surface area contributed by atoms with Gasteiger partial charge in [-0.2, -0.15) is 0 Å². The molecule has 292 valence electrons. The molecular weight excluding hydrogens is 753 g/mol. The zero-order valence-electron chi connectivity index (χ0n) is 34.4. The lowest BCUT2D eigenvalue weighted by molar-refractivity contribution is 1.07. The Morgan fingerprint density at radius 3 is 1.79 bits per heavy atom. The first-order valence-corrected chi connectivity index (χ1v) is 21.3. The lowest BCUT2D eigenvalue weighted by Crippen LogP contribution is -2.01. The van der Waals surface area contributed by atoms with Crippen molar-refractivity contribution in [2.45, 2.75) is 13.8 Å². The van der Waals surface area contributed by atoms with Gasteiger partial charge in [0.1, 0.15) is 0 Å². The highest BCUT2D eigenvalue weighted by Crippen LogP contribution is 2.44. The molecule has 0 aliphatic heterocycles. The van der Waals surface area contributed by atoms with Gasteiger partial charge in [-0.05, 0) is 127 Å². The van der Waals surface area contributed by atoms with Crippen molar-refractivity contribution in [2.75, 3.05) is 0 Å². The van der Waals surface area contributed by atoms with Gasteiger partial charge in [0.2, 0.25) is 0 Å². The highest BCUT2D eigenvalue weighted by Gasteiger charge is 2.21. The summed E-state index contributed by atoms with van der Waals surface area (Å²) in [6.07, 6.45) is 10.1. The van der Waals surface area contributed by atoms with Crippen molar-refractivity contribution in [1.29, 1.82) is 0 Å². The van der Waals surface area contributed by atoms with Gasteiger partial charge in [-0.1, -0.05) is 147 Å². The summed E-state index contributed by atoms with van der Waals surface area (Å²) in [6, 6.07) is 62.7. The molecule has 0 spiro atoms. The van der Waals surface area contributed by atoms with Gasteiger partial charge in [0, 0.05) is 33.2 Å². The molecule has 4 nitrogen and oxygen atoms in total. The number of para-hydroxylation sites is 1. The van der Waals surface area contributed by atoms with Gasteiger partial charge in [0.15, 0.2) is 17.5 Å². The highest BCUT2D eigenvalue weighted by atomic mass is 15.0. The van der Waals surface area contributed by atoms with E-state index < -0.39 is 0 Å². The Morgan fingerprint density at radius 2 is 1.03 bits per heavy atom. The molecule has 2 aromatic heterocycles. The van der Waals surface area contributed by atoms with E-state index in [4.69, 9.17) is 15.0 Å². The van der Waals surface area contributed by atoms with Crippen LogP contribution in [0.25, 0.3) is 111 Å². The van der Waals surface area contributed by atoms with E-state index in [1.165, 1.54) is 37.7 Å². The molecule has 0 saturated heterocycles. The number of fused-ring (bicyclic) bond motifs is 4. The minimum Gasteiger partial charge on any atom is -0.309 e. The normalized spacial score (nSPS) is 12.3. The van der Waals surface area contributed by atoms with Crippen molar-refractivity contribution in [3.05, 3.63) is 218 Å². The third-order valence-electron chi connectivity index (χ3n) is 11.8. The van der Waals surface area contributed by atoms with Crippen molar-refractivity contribution in [1.82, 2.24) is 19.5 Å². The fourth-order valence-corrected chi connectivity index (χ4v) is 9.03. The Labute approximate surface area is 360 Å². The number of allylic oxidation sites excluding steroid dienone is 5. The van der Waals surface area contributed by atoms with Crippen LogP contribution in [-0.2, 0) is 0 Å². The second-order valence-electron chi connectivity index (χ2n) is 15.3. The van der Waals surface area contributed by atoms with Gasteiger partial charge in [-0.3, -0.25) is 0 Å². The standard InChI is InChI=1S/C56H34N4.C2H6/c1-2-7-16-36(15-6-1)43-31-44(37-17-8-3-9-18-37)33-45(32-43)56-58-54(40-19-10-4-11-20-40)57-55(59-56)42-28-30-49-48(34-42)53-47-29-27-39-22-14-21-38-25-26-41(52(47)51(38)39)35-50(53)60(49)46-23-12-5-13-24-46;1-2/h1,3-35H;1-2H3. The zero-order valence-corrected chi connectivity index (χ0v) is 34.4. The summed E-state index contributed by atoms with van der Waals surface area (Å²) < 4.78 is 2.40. The number of hydrogen-bond acceptors (Lipinski definition) is 3. The smallest absolute Gasteiger partial charge is 0.164 e. The molecular formula is C58H40N4. The van der Waals surface area contributed by atoms with Crippen molar-refractivity contribution < 1.29 is 0 Å². The summed E-state index contributed by atoms with van der Waals surface area (Å²) in [5.41, 5.74) is 13.7. The molecule has 0 unspecified atom stereocenters. The van der Waals surface area contributed by atoms with E-state index in [9.17, 15) is 0 Å². The summed E-state index contributed by atoms with van der Waals surface area (Å²) >= 11 is 0. The van der Waals surface area contributed by atoms with Crippen LogP contribution in [0.4, 0.5) is 0 Å². The Balaban J connectivity index is 0.00000213. The van der Waals surface area contributed by atoms with Crippen LogP contribution >= 0.6 is 0 Å². The number of hydrogen-bond donors (Lipinski definition) is 0. The molecule has 0 bridgehead atoms. The first kappa shape index (κ1) is 36.9. The second-order valence-corrected chi connectivity index (χ2v) is 15.3. The van der Waals surface area contributed by atoms with Crippen LogP contribution in [0, 0.1) is 0 Å². The van der Waals surface area contributed by atoms with Gasteiger partial charge in [0.05, 0.1) is 11.0 Å². The Kier molecular flexibility index (Phi) is 9.19. The molecule has 2 heterocycles. The van der Waals surface area contributed by atoms with Crippen LogP contribution in [0.1, 0.15) is 19.4 Å². The molecule has 62 heavy (non-hydrogen) atoms. The van der Waals surface area contributed by atoms with E-state index in [1.54, 1.807) is 0 Å². The molecule has 0 atom stereocenters. The van der Waals surface area contributed by atoms with Crippen molar-refractivity contribution in [3.63, 3.8) is 0 Å². The molecule has 9 aromatic carbocycles. The molecule has 1 aliphatic rings. The van der Waals surface area contributed by atoms with Crippen molar-refractivity contribution in [2.24, 2.45) is 0 Å². The quantitative estimate of drug-likeness (QED) is 0.124. The largest absolute Gasteiger partial charge is 0.309 e. The molecule has 4 heteroatoms. The fraction of sp³-hybridized carbons (Fsp3) is 0.0345. The molecule has 0 radical (unpaired) electrons. The molecule has 0 N–H and O–H groups in total. The number of aromatic nitrogens is 4. The van der Waals surface area contributed by atoms with Crippen LogP contribution < -0.4 is 0 Å². The summed E-state index contributed by atoms with van der Waals surface area (Å²) in [6.45, 7) is 4.00. The van der Waals surface area contributed by atoms with Crippen molar-refractivity contribution >= 4 is 59.7 Å². The van der Waals surface area contributed by atoms with E-state index in [-0.39, 0.29) is 0 Å². The first-order chi connectivity index (χ1) is 30.7. The van der Waals surface area contributed by atoms with Crippen LogP contribution in [0.3, 0.4) is 0 Å². The van der Waals surface area contributed by atoms with Crippen LogP contribution in [0.2, 0.25) is 0 Å². The third kappa shape index (κ3) is 6.30. The summed E-state index contributed by atoms with van der Waals surface area (Å²) in [5, 5.41) is 9.94. The predicted octanol–water partition coefficient (Wildman–Crippen LogP) is 15.2. The van der Waals surface area contributed by atoms with Crippen LogP contribution in [0.15, 0.2) is 212 Å². The topological polar surface area (TPSA) is 43.6 Å². The Hall–Kier alpha value is -8.17. The van der Waals surface area contributed by atoms with Gasteiger partial charge in [-0.25, -0.2) is 15.0 Å². The Morgan fingerprint density at radius 1 is 0.403 bits per heavy atom. The third-order valence-corrected chi connectivity index (χ3v) is 11.8. The summed E-state index contributed by atoms with van der Waals surface area (Å²) in [5.74, 6) is 1.85. The van der Waals surface area contributed by atoms with E-state index in [1.807, 2.05) is 56.3 Å². The maximum Gasteiger partial charge on any atom is 0.164 e. The fourth-order valence-electron chi connectivity index (χ4n) is 9.03. The number of benzene rings is 9. The second kappa shape index (κ2) is 15.5. The highest BCUT2D eigenvalue weighted by molar-refractivity contribution is 6.33. The summed E-state index contributed by atoms with van der Waals surface area (Å²) in [7, 11) is 0. The van der Waals surface area contributed by atoms with Gasteiger partial charge < -0.3 is 4.57 Å². The minimum atomic E-state index is 0.611. The van der Waals surface area contributed by atoms with Gasteiger partial charge >= 0.3 is 0 Å². The first-order valence-electron chi connectivity index (χ1n) is 21.3. The van der Waals surface area contributed by atoms with Crippen LogP contribution in [-0.4, -0.2) is 19.5 Å². The van der Waals surface area contributed by atoms with E-state index in [2.05, 4.69) is 174 Å². The average molecular weight is 793 g/mol. The number of rotatable bonds is 6. The van der Waals surface area contributed by atoms with E-state index >= 15 is 0 Å². The van der Waals surface area contributed by atoms with Gasteiger partial charge in [0.25, 0.3) is 0 Å². The monoisotopic (exact) mass is 792 g/mol. The van der Waals surface area contributed by atoms with Crippen molar-refractivity contribution in [3.8, 4) is 51.0 Å². The Bertz CT molecular complexity index is 3590. The maximum atomic E-state index is 5.33. The molecule has 11 aromatic rings. The molecule has 12 rings (SSSR count). The average Bonchev–Trinajstić information content (AvgIpc) is 3.45. The van der Waals surface area contributed by atoms with E-state index in [0.717, 1.165) is 61.1 Å². The summed E-state index contributed by atoms with van der Waals surface area (Å²) in [4.78, 5) is 15.7. The van der Waals surface area contributed by atoms with Gasteiger partial charge in [-0.15, -0.1) is 5.73 Å². The number of nitrogens with zero attached hydrogens (tertiary/aromatic N) is 4.